The molecular formula is C11H17FN2O3S. The fourth-order valence-corrected chi connectivity index (χ4v) is 2.90. The van der Waals surface area contributed by atoms with Crippen molar-refractivity contribution in [3.63, 3.8) is 0 Å². The Balaban J connectivity index is 3.17. The minimum absolute atomic E-state index is 0.197. The van der Waals surface area contributed by atoms with E-state index < -0.39 is 26.8 Å². The standard InChI is InChI=1S/C11H17FN2O3S/c1-8(7-17-3)14(2)18(15,16)11-6-9(13)4-5-10(11)12/h4-6,8H,7,13H2,1-3H3. The first-order chi connectivity index (χ1) is 8.30. The number of methoxy groups -OCH3 is 1. The molecule has 1 aromatic carbocycles. The Labute approximate surface area is 106 Å². The predicted octanol–water partition coefficient (Wildman–Crippen LogP) is 1.06. The van der Waals surface area contributed by atoms with Gasteiger partial charge in [0, 0.05) is 25.9 Å². The maximum Gasteiger partial charge on any atom is 0.246 e. The molecule has 0 bridgehead atoms. The molecule has 0 radical (unpaired) electrons. The van der Waals surface area contributed by atoms with Crippen LogP contribution in [-0.4, -0.2) is 39.5 Å². The second-order valence-corrected chi connectivity index (χ2v) is 5.98. The number of hydrogen-bond donors (Lipinski definition) is 1. The highest BCUT2D eigenvalue weighted by Crippen LogP contribution is 2.22. The normalized spacial score (nSPS) is 13.8. The number of hydrogen-bond acceptors (Lipinski definition) is 4. The Bertz CT molecular complexity index is 519. The second-order valence-electron chi connectivity index (χ2n) is 4.02. The zero-order valence-corrected chi connectivity index (χ0v) is 11.4. The molecule has 5 nitrogen and oxygen atoms in total. The van der Waals surface area contributed by atoms with Crippen molar-refractivity contribution in [2.45, 2.75) is 17.9 Å². The summed E-state index contributed by atoms with van der Waals surface area (Å²) >= 11 is 0. The number of nitrogens with zero attached hydrogens (tertiary/aromatic N) is 1. The van der Waals surface area contributed by atoms with Crippen molar-refractivity contribution in [3.05, 3.63) is 24.0 Å². The largest absolute Gasteiger partial charge is 0.399 e. The van der Waals surface area contributed by atoms with Crippen LogP contribution in [-0.2, 0) is 14.8 Å². The first kappa shape index (κ1) is 14.9. The molecule has 18 heavy (non-hydrogen) atoms. The lowest BCUT2D eigenvalue weighted by atomic mass is 10.3. The molecule has 7 heteroatoms. The van der Waals surface area contributed by atoms with Gasteiger partial charge in [-0.2, -0.15) is 4.31 Å². The van der Waals surface area contributed by atoms with Gasteiger partial charge in [0.05, 0.1) is 6.61 Å². The van der Waals surface area contributed by atoms with Crippen LogP contribution in [0.25, 0.3) is 0 Å². The first-order valence-electron chi connectivity index (χ1n) is 5.32. The zero-order valence-electron chi connectivity index (χ0n) is 10.6. The highest BCUT2D eigenvalue weighted by Gasteiger charge is 2.28. The molecule has 1 aromatic rings. The fraction of sp³-hybridized carbons (Fsp3) is 0.455. The van der Waals surface area contributed by atoms with Crippen LogP contribution in [0.15, 0.2) is 23.1 Å². The number of sulfonamides is 1. The predicted molar refractivity (Wildman–Crippen MR) is 67.1 cm³/mol. The quantitative estimate of drug-likeness (QED) is 0.816. The van der Waals surface area contributed by atoms with E-state index in [1.54, 1.807) is 6.92 Å². The Morgan fingerprint density at radius 3 is 2.67 bits per heavy atom. The molecule has 1 unspecified atom stereocenters. The molecule has 0 aliphatic heterocycles. The highest BCUT2D eigenvalue weighted by atomic mass is 32.2. The van der Waals surface area contributed by atoms with Crippen molar-refractivity contribution in [2.24, 2.45) is 0 Å². The Morgan fingerprint density at radius 1 is 1.50 bits per heavy atom. The van der Waals surface area contributed by atoms with E-state index in [-0.39, 0.29) is 12.3 Å². The fourth-order valence-electron chi connectivity index (χ4n) is 1.46. The van der Waals surface area contributed by atoms with E-state index >= 15 is 0 Å². The number of rotatable bonds is 5. The number of nitrogen functional groups attached to an aromatic ring is 1. The summed E-state index contributed by atoms with van der Waals surface area (Å²) in [6.07, 6.45) is 0. The lowest BCUT2D eigenvalue weighted by Gasteiger charge is -2.23. The van der Waals surface area contributed by atoms with Crippen LogP contribution in [0.4, 0.5) is 10.1 Å². The third-order valence-corrected chi connectivity index (χ3v) is 4.63. The second kappa shape index (κ2) is 5.64. The van der Waals surface area contributed by atoms with E-state index in [4.69, 9.17) is 10.5 Å². The van der Waals surface area contributed by atoms with Crippen molar-refractivity contribution in [2.75, 3.05) is 26.5 Å². The molecular weight excluding hydrogens is 259 g/mol. The number of ether oxygens (including phenoxy) is 1. The van der Waals surface area contributed by atoms with Crippen LogP contribution in [0, 0.1) is 5.82 Å². The molecule has 0 amide bonds. The molecule has 1 rings (SSSR count). The minimum Gasteiger partial charge on any atom is -0.399 e. The summed E-state index contributed by atoms with van der Waals surface area (Å²) in [5.74, 6) is -0.819. The number of anilines is 1. The van der Waals surface area contributed by atoms with Gasteiger partial charge in [-0.3, -0.25) is 0 Å². The Morgan fingerprint density at radius 2 is 2.11 bits per heavy atom. The third kappa shape index (κ3) is 2.98. The van der Waals surface area contributed by atoms with Gasteiger partial charge in [0.2, 0.25) is 10.0 Å². The average Bonchev–Trinajstić information content (AvgIpc) is 2.31. The van der Waals surface area contributed by atoms with Crippen molar-refractivity contribution in [1.29, 1.82) is 0 Å². The molecule has 1 atom stereocenters. The Kier molecular flexibility index (Phi) is 4.66. The van der Waals surface area contributed by atoms with Gasteiger partial charge in [-0.05, 0) is 25.1 Å². The number of benzene rings is 1. The maximum absolute atomic E-state index is 13.6. The van der Waals surface area contributed by atoms with E-state index in [1.165, 1.54) is 20.2 Å². The Hall–Kier alpha value is -1.18. The van der Waals surface area contributed by atoms with Crippen LogP contribution in [0.3, 0.4) is 0 Å². The van der Waals surface area contributed by atoms with Gasteiger partial charge in [-0.1, -0.05) is 0 Å². The summed E-state index contributed by atoms with van der Waals surface area (Å²) in [5.41, 5.74) is 5.68. The van der Waals surface area contributed by atoms with Crippen molar-refractivity contribution < 1.29 is 17.5 Å². The zero-order chi connectivity index (χ0) is 13.9. The molecule has 0 spiro atoms. The minimum atomic E-state index is -3.92. The first-order valence-corrected chi connectivity index (χ1v) is 6.76. The van der Waals surface area contributed by atoms with Gasteiger partial charge in [0.1, 0.15) is 10.7 Å². The lowest BCUT2D eigenvalue weighted by Crippen LogP contribution is -2.38. The third-order valence-electron chi connectivity index (χ3n) is 2.64. The highest BCUT2D eigenvalue weighted by molar-refractivity contribution is 7.89. The SMILES string of the molecule is COCC(C)N(C)S(=O)(=O)c1cc(N)ccc1F. The van der Waals surface area contributed by atoms with Gasteiger partial charge >= 0.3 is 0 Å². The number of nitrogens with two attached hydrogens (primary N) is 1. The van der Waals surface area contributed by atoms with E-state index in [2.05, 4.69) is 0 Å². The smallest absolute Gasteiger partial charge is 0.246 e. The summed E-state index contributed by atoms with van der Waals surface area (Å²) in [7, 11) is -1.07. The van der Waals surface area contributed by atoms with Crippen LogP contribution < -0.4 is 5.73 Å². The van der Waals surface area contributed by atoms with Gasteiger partial charge < -0.3 is 10.5 Å². The van der Waals surface area contributed by atoms with Crippen LogP contribution >= 0.6 is 0 Å². The molecule has 0 fully saturated rings. The summed E-state index contributed by atoms with van der Waals surface area (Å²) in [4.78, 5) is -0.423. The summed E-state index contributed by atoms with van der Waals surface area (Å²) in [6.45, 7) is 1.89. The number of likely N-dealkylation sites (N-methyl/N-ethyl adjacent to an activating group) is 1. The van der Waals surface area contributed by atoms with Gasteiger partial charge in [-0.25, -0.2) is 12.8 Å². The van der Waals surface area contributed by atoms with E-state index in [0.717, 1.165) is 16.4 Å². The van der Waals surface area contributed by atoms with Gasteiger partial charge in [-0.15, -0.1) is 0 Å². The number of halogens is 1. The lowest BCUT2D eigenvalue weighted by molar-refractivity contribution is 0.149. The molecule has 0 saturated carbocycles. The summed E-state index contributed by atoms with van der Waals surface area (Å²) in [5, 5.41) is 0. The van der Waals surface area contributed by atoms with Crippen LogP contribution in [0.1, 0.15) is 6.92 Å². The van der Waals surface area contributed by atoms with E-state index in [0.29, 0.717) is 0 Å². The molecule has 0 saturated heterocycles. The molecule has 0 aromatic heterocycles. The molecule has 102 valence electrons. The van der Waals surface area contributed by atoms with Crippen LogP contribution in [0.2, 0.25) is 0 Å². The van der Waals surface area contributed by atoms with Gasteiger partial charge in [0.15, 0.2) is 0 Å². The topological polar surface area (TPSA) is 72.6 Å². The van der Waals surface area contributed by atoms with Gasteiger partial charge in [0.25, 0.3) is 0 Å². The monoisotopic (exact) mass is 276 g/mol. The van der Waals surface area contributed by atoms with Crippen molar-refractivity contribution >= 4 is 15.7 Å². The van der Waals surface area contributed by atoms with Crippen molar-refractivity contribution in [3.8, 4) is 0 Å². The van der Waals surface area contributed by atoms with Crippen molar-refractivity contribution in [1.82, 2.24) is 4.31 Å². The van der Waals surface area contributed by atoms with E-state index in [9.17, 15) is 12.8 Å². The van der Waals surface area contributed by atoms with E-state index in [1.807, 2.05) is 0 Å². The summed E-state index contributed by atoms with van der Waals surface area (Å²) in [6, 6.07) is 3.06. The molecule has 0 heterocycles. The molecule has 0 aliphatic rings. The average molecular weight is 276 g/mol. The molecule has 2 N–H and O–H groups in total. The molecule has 0 aliphatic carbocycles. The summed E-state index contributed by atoms with van der Waals surface area (Å²) < 4.78 is 43.9. The maximum atomic E-state index is 13.6. The van der Waals surface area contributed by atoms with Crippen LogP contribution in [0.5, 0.6) is 0 Å².